The number of hydrogen-bond acceptors (Lipinski definition) is 6. The first-order valence-corrected chi connectivity index (χ1v) is 8.68. The first-order chi connectivity index (χ1) is 14.4. The molecule has 0 amide bonds. The molecule has 0 unspecified atom stereocenters. The van der Waals surface area contributed by atoms with E-state index in [1.54, 1.807) is 0 Å². The van der Waals surface area contributed by atoms with Gasteiger partial charge in [0.1, 0.15) is 5.56 Å². The van der Waals surface area contributed by atoms with Crippen LogP contribution in [-0.2, 0) is 17.5 Å². The predicted molar refractivity (Wildman–Crippen MR) is 97.9 cm³/mol. The van der Waals surface area contributed by atoms with Crippen molar-refractivity contribution in [2.75, 3.05) is 0 Å². The van der Waals surface area contributed by atoms with Crippen molar-refractivity contribution in [3.05, 3.63) is 77.8 Å². The number of alkyl halides is 3. The maximum absolute atomic E-state index is 12.7. The number of aromatic amines is 1. The van der Waals surface area contributed by atoms with Gasteiger partial charge in [-0.05, 0) is 12.1 Å². The monoisotopic (exact) mass is 414 g/mol. The molecule has 4 rings (SSSR count). The fourth-order valence-corrected chi connectivity index (χ4v) is 2.71. The fourth-order valence-electron chi connectivity index (χ4n) is 2.71. The number of rotatable bonds is 5. The summed E-state index contributed by atoms with van der Waals surface area (Å²) in [5.74, 6) is -0.553. The number of halogens is 3. The summed E-state index contributed by atoms with van der Waals surface area (Å²) in [7, 11) is 0. The Hall–Kier alpha value is -3.95. The number of hydrogen-bond donors (Lipinski definition) is 1. The highest BCUT2D eigenvalue weighted by atomic mass is 19.4. The molecule has 0 aliphatic rings. The molecule has 0 atom stereocenters. The summed E-state index contributed by atoms with van der Waals surface area (Å²) in [5.41, 5.74) is 1.08. The van der Waals surface area contributed by atoms with Gasteiger partial charge in [0.15, 0.2) is 6.61 Å². The van der Waals surface area contributed by atoms with Crippen LogP contribution in [0.15, 0.2) is 65.3 Å². The molecule has 1 N–H and O–H groups in total. The fraction of sp³-hybridized carbons (Fsp3) is 0.100. The number of benzene rings is 2. The number of ether oxygens (including phenoxy) is 1. The van der Waals surface area contributed by atoms with E-state index in [0.29, 0.717) is 11.3 Å². The van der Waals surface area contributed by atoms with E-state index in [0.717, 1.165) is 17.7 Å². The highest BCUT2D eigenvalue weighted by molar-refractivity contribution is 5.95. The Morgan fingerprint density at radius 3 is 2.47 bits per heavy atom. The molecule has 152 valence electrons. The van der Waals surface area contributed by atoms with Crippen molar-refractivity contribution < 1.29 is 27.2 Å². The van der Waals surface area contributed by atoms with Crippen LogP contribution in [0.1, 0.15) is 21.8 Å². The molecule has 7 nitrogen and oxygen atoms in total. The zero-order valence-electron chi connectivity index (χ0n) is 15.2. The summed E-state index contributed by atoms with van der Waals surface area (Å²) in [5, 5.41) is 10.4. The minimum Gasteiger partial charge on any atom is -0.452 e. The number of nitrogens with one attached hydrogen (secondary N) is 1. The van der Waals surface area contributed by atoms with E-state index in [4.69, 9.17) is 9.26 Å². The topological polar surface area (TPSA) is 93.9 Å². The minimum atomic E-state index is -4.43. The SMILES string of the molecule is O=C(OCc1nc(-c2ccc(C(F)(F)F)cc2)no1)c1cn[nH]c1-c1ccccc1. The van der Waals surface area contributed by atoms with Crippen LogP contribution < -0.4 is 0 Å². The van der Waals surface area contributed by atoms with E-state index in [2.05, 4.69) is 20.3 Å². The average Bonchev–Trinajstić information content (AvgIpc) is 3.42. The van der Waals surface area contributed by atoms with Crippen LogP contribution in [0.3, 0.4) is 0 Å². The van der Waals surface area contributed by atoms with Gasteiger partial charge >= 0.3 is 12.1 Å². The third-order valence-electron chi connectivity index (χ3n) is 4.19. The molecule has 0 radical (unpaired) electrons. The Kier molecular flexibility index (Phi) is 5.05. The molecule has 30 heavy (non-hydrogen) atoms. The molecule has 2 heterocycles. The van der Waals surface area contributed by atoms with Crippen molar-refractivity contribution in [1.82, 2.24) is 20.3 Å². The Bertz CT molecular complexity index is 1150. The second kappa shape index (κ2) is 7.82. The summed E-state index contributed by atoms with van der Waals surface area (Å²) in [4.78, 5) is 16.4. The van der Waals surface area contributed by atoms with E-state index < -0.39 is 17.7 Å². The molecule has 0 saturated carbocycles. The Balaban J connectivity index is 1.43. The van der Waals surface area contributed by atoms with Crippen LogP contribution in [0.25, 0.3) is 22.6 Å². The molecule has 0 aliphatic carbocycles. The predicted octanol–water partition coefficient (Wildman–Crippen LogP) is 4.50. The smallest absolute Gasteiger partial charge is 0.416 e. The van der Waals surface area contributed by atoms with Crippen LogP contribution in [-0.4, -0.2) is 26.3 Å². The maximum atomic E-state index is 12.7. The highest BCUT2D eigenvalue weighted by Crippen LogP contribution is 2.30. The van der Waals surface area contributed by atoms with Gasteiger partial charge in [0, 0.05) is 11.1 Å². The number of nitrogens with zero attached hydrogens (tertiary/aromatic N) is 3. The quantitative estimate of drug-likeness (QED) is 0.483. The van der Waals surface area contributed by atoms with Crippen molar-refractivity contribution in [3.8, 4) is 22.6 Å². The first kappa shape index (κ1) is 19.4. The molecule has 10 heteroatoms. The van der Waals surface area contributed by atoms with Crippen molar-refractivity contribution >= 4 is 5.97 Å². The summed E-state index contributed by atoms with van der Waals surface area (Å²) >= 11 is 0. The number of carbonyl (C=O) groups excluding carboxylic acids is 1. The number of carbonyl (C=O) groups is 1. The molecule has 0 saturated heterocycles. The maximum Gasteiger partial charge on any atom is 0.416 e. The van der Waals surface area contributed by atoms with Gasteiger partial charge in [-0.3, -0.25) is 5.10 Å². The molecule has 0 aliphatic heterocycles. The molecule has 4 aromatic rings. The van der Waals surface area contributed by atoms with Crippen LogP contribution in [0.5, 0.6) is 0 Å². The van der Waals surface area contributed by atoms with Crippen LogP contribution in [0, 0.1) is 0 Å². The van der Waals surface area contributed by atoms with Crippen LogP contribution >= 0.6 is 0 Å². The lowest BCUT2D eigenvalue weighted by atomic mass is 10.1. The van der Waals surface area contributed by atoms with E-state index in [-0.39, 0.29) is 23.9 Å². The van der Waals surface area contributed by atoms with E-state index >= 15 is 0 Å². The van der Waals surface area contributed by atoms with Gasteiger partial charge in [-0.25, -0.2) is 4.79 Å². The summed E-state index contributed by atoms with van der Waals surface area (Å²) in [6, 6.07) is 13.5. The lowest BCUT2D eigenvalue weighted by molar-refractivity contribution is -0.137. The molecule has 2 aromatic heterocycles. The zero-order chi connectivity index (χ0) is 21.1. The van der Waals surface area contributed by atoms with Gasteiger partial charge in [-0.2, -0.15) is 23.3 Å². The standard InChI is InChI=1S/C20H13F3N4O3/c21-20(22,23)14-8-6-13(7-9-14)18-25-16(30-27-18)11-29-19(28)15-10-24-26-17(15)12-4-2-1-3-5-12/h1-10H,11H2,(H,24,26). The van der Waals surface area contributed by atoms with Crippen LogP contribution in [0.4, 0.5) is 13.2 Å². The van der Waals surface area contributed by atoms with Crippen molar-refractivity contribution in [2.24, 2.45) is 0 Å². The molecular weight excluding hydrogens is 401 g/mol. The summed E-state index contributed by atoms with van der Waals surface area (Å²) in [6.45, 7) is -0.300. The largest absolute Gasteiger partial charge is 0.452 e. The van der Waals surface area contributed by atoms with Crippen LogP contribution in [0.2, 0.25) is 0 Å². The third-order valence-corrected chi connectivity index (χ3v) is 4.19. The Labute approximate surface area is 167 Å². The van der Waals surface area contributed by atoms with Crippen molar-refractivity contribution in [2.45, 2.75) is 12.8 Å². The first-order valence-electron chi connectivity index (χ1n) is 8.68. The summed E-state index contributed by atoms with van der Waals surface area (Å²) in [6.07, 6.45) is -3.08. The molecular formula is C20H13F3N4O3. The van der Waals surface area contributed by atoms with Crippen molar-refractivity contribution in [3.63, 3.8) is 0 Å². The van der Waals surface area contributed by atoms with Gasteiger partial charge in [-0.15, -0.1) is 0 Å². The molecule has 0 bridgehead atoms. The lowest BCUT2D eigenvalue weighted by Crippen LogP contribution is -2.06. The normalized spacial score (nSPS) is 11.4. The van der Waals surface area contributed by atoms with E-state index in [1.807, 2.05) is 30.3 Å². The number of H-pyrrole nitrogens is 1. The average molecular weight is 414 g/mol. The van der Waals surface area contributed by atoms with Gasteiger partial charge < -0.3 is 9.26 Å². The second-order valence-electron chi connectivity index (χ2n) is 6.19. The highest BCUT2D eigenvalue weighted by Gasteiger charge is 2.30. The minimum absolute atomic E-state index is 0.00278. The van der Waals surface area contributed by atoms with Gasteiger partial charge in [0.2, 0.25) is 5.82 Å². The van der Waals surface area contributed by atoms with Gasteiger partial charge in [0.05, 0.1) is 17.5 Å². The van der Waals surface area contributed by atoms with Gasteiger partial charge in [0.25, 0.3) is 5.89 Å². The zero-order valence-corrected chi connectivity index (χ0v) is 15.2. The molecule has 2 aromatic carbocycles. The van der Waals surface area contributed by atoms with E-state index in [1.165, 1.54) is 18.3 Å². The summed E-state index contributed by atoms with van der Waals surface area (Å²) < 4.78 is 48.2. The number of aromatic nitrogens is 4. The van der Waals surface area contributed by atoms with Crippen molar-refractivity contribution in [1.29, 1.82) is 0 Å². The number of esters is 1. The van der Waals surface area contributed by atoms with Gasteiger partial charge in [-0.1, -0.05) is 47.6 Å². The molecule has 0 spiro atoms. The second-order valence-corrected chi connectivity index (χ2v) is 6.19. The lowest BCUT2D eigenvalue weighted by Gasteiger charge is -2.05. The molecule has 0 fully saturated rings. The van der Waals surface area contributed by atoms with E-state index in [9.17, 15) is 18.0 Å². The Morgan fingerprint density at radius 1 is 1.03 bits per heavy atom. The third kappa shape index (κ3) is 4.07. The Morgan fingerprint density at radius 2 is 1.77 bits per heavy atom.